The van der Waals surface area contributed by atoms with Crippen molar-refractivity contribution in [3.63, 3.8) is 0 Å². The van der Waals surface area contributed by atoms with E-state index in [2.05, 4.69) is 25.7 Å². The van der Waals surface area contributed by atoms with Gasteiger partial charge in [0, 0.05) is 24.8 Å². The molecule has 0 spiro atoms. The molecule has 7 heteroatoms. The number of nitrogens with two attached hydrogens (primary N) is 1. The van der Waals surface area contributed by atoms with Crippen molar-refractivity contribution in [2.24, 2.45) is 5.84 Å². The lowest BCUT2D eigenvalue weighted by Crippen LogP contribution is -2.30. The average Bonchev–Trinajstić information content (AvgIpc) is 2.98. The van der Waals surface area contributed by atoms with E-state index in [-0.39, 0.29) is 11.9 Å². The van der Waals surface area contributed by atoms with Crippen molar-refractivity contribution >= 4 is 11.6 Å². The van der Waals surface area contributed by atoms with Gasteiger partial charge in [-0.05, 0) is 12.5 Å². The Labute approximate surface area is 110 Å². The molecule has 0 radical (unpaired) electrons. The maximum absolute atomic E-state index is 12.2. The van der Waals surface area contributed by atoms with E-state index in [0.29, 0.717) is 11.3 Å². The molecule has 2 rings (SSSR count). The quantitative estimate of drug-likeness (QED) is 0.473. The number of pyridine rings is 1. The number of nitrogens with zero attached hydrogens (tertiary/aromatic N) is 2. The number of hydrogen-bond acceptors (Lipinski definition) is 5. The second kappa shape index (κ2) is 5.96. The maximum Gasteiger partial charge on any atom is 0.255 e. The molecule has 0 aromatic carbocycles. The van der Waals surface area contributed by atoms with Gasteiger partial charge in [0.1, 0.15) is 5.82 Å². The Balaban J connectivity index is 2.16. The van der Waals surface area contributed by atoms with E-state index in [4.69, 9.17) is 5.84 Å². The highest BCUT2D eigenvalue weighted by atomic mass is 16.1. The second-order valence-corrected chi connectivity index (χ2v) is 3.97. The van der Waals surface area contributed by atoms with Crippen LogP contribution in [-0.2, 0) is 0 Å². The van der Waals surface area contributed by atoms with Gasteiger partial charge in [0.2, 0.25) is 0 Å². The number of carbonyl (C=O) groups is 1. The van der Waals surface area contributed by atoms with Crippen molar-refractivity contribution < 1.29 is 4.79 Å². The van der Waals surface area contributed by atoms with Crippen molar-refractivity contribution in [2.45, 2.75) is 19.4 Å². The summed E-state index contributed by atoms with van der Waals surface area (Å²) in [7, 11) is 0. The highest BCUT2D eigenvalue weighted by Gasteiger charge is 2.18. The second-order valence-electron chi connectivity index (χ2n) is 3.97. The molecular formula is C12H16N6O. The van der Waals surface area contributed by atoms with Gasteiger partial charge in [0.05, 0.1) is 17.3 Å². The van der Waals surface area contributed by atoms with Crippen molar-refractivity contribution in [2.75, 3.05) is 5.43 Å². The van der Waals surface area contributed by atoms with E-state index in [9.17, 15) is 4.79 Å². The monoisotopic (exact) mass is 260 g/mol. The minimum atomic E-state index is -0.246. The van der Waals surface area contributed by atoms with Crippen LogP contribution >= 0.6 is 0 Å². The Morgan fingerprint density at radius 3 is 3.00 bits per heavy atom. The van der Waals surface area contributed by atoms with Crippen molar-refractivity contribution in [3.05, 3.63) is 42.2 Å². The first-order chi connectivity index (χ1) is 9.26. The number of aromatic nitrogens is 3. The Morgan fingerprint density at radius 2 is 2.37 bits per heavy atom. The molecular weight excluding hydrogens is 244 g/mol. The summed E-state index contributed by atoms with van der Waals surface area (Å²) < 4.78 is 0. The van der Waals surface area contributed by atoms with Crippen LogP contribution in [0.4, 0.5) is 5.69 Å². The molecule has 2 aromatic heterocycles. The predicted molar refractivity (Wildman–Crippen MR) is 71.1 cm³/mol. The van der Waals surface area contributed by atoms with Crippen LogP contribution in [0.3, 0.4) is 0 Å². The Morgan fingerprint density at radius 1 is 1.53 bits per heavy atom. The number of nitrogens with one attached hydrogen (secondary N) is 3. The van der Waals surface area contributed by atoms with Crippen LogP contribution < -0.4 is 16.6 Å². The first-order valence-electron chi connectivity index (χ1n) is 5.97. The number of carbonyl (C=O) groups excluding carboxylic acids is 1. The maximum atomic E-state index is 12.2. The summed E-state index contributed by atoms with van der Waals surface area (Å²) in [5, 5.41) is 2.89. The fourth-order valence-electron chi connectivity index (χ4n) is 1.77. The summed E-state index contributed by atoms with van der Waals surface area (Å²) in [6.45, 7) is 1.97. The molecule has 0 saturated carbocycles. The lowest BCUT2D eigenvalue weighted by Gasteiger charge is -2.15. The molecule has 19 heavy (non-hydrogen) atoms. The third kappa shape index (κ3) is 2.89. The van der Waals surface area contributed by atoms with Gasteiger partial charge in [-0.3, -0.25) is 15.6 Å². The van der Waals surface area contributed by atoms with E-state index in [1.807, 2.05) is 6.92 Å². The lowest BCUT2D eigenvalue weighted by atomic mass is 10.1. The number of amides is 1. The number of imidazole rings is 1. The minimum Gasteiger partial charge on any atom is -0.347 e. The zero-order chi connectivity index (χ0) is 13.7. The van der Waals surface area contributed by atoms with E-state index in [1.54, 1.807) is 24.7 Å². The van der Waals surface area contributed by atoms with E-state index in [0.717, 1.165) is 12.2 Å². The van der Waals surface area contributed by atoms with Gasteiger partial charge in [-0.2, -0.15) is 0 Å². The molecule has 0 aliphatic carbocycles. The zero-order valence-corrected chi connectivity index (χ0v) is 10.6. The van der Waals surface area contributed by atoms with Crippen LogP contribution in [0.1, 0.15) is 35.6 Å². The predicted octanol–water partition coefficient (Wildman–Crippen LogP) is 0.971. The third-order valence-corrected chi connectivity index (χ3v) is 2.78. The number of hydrogen-bond donors (Lipinski definition) is 4. The van der Waals surface area contributed by atoms with Crippen molar-refractivity contribution in [1.82, 2.24) is 20.3 Å². The zero-order valence-electron chi connectivity index (χ0n) is 10.6. The van der Waals surface area contributed by atoms with Crippen LogP contribution in [0, 0.1) is 0 Å². The number of nitrogen functional groups attached to an aromatic ring is 1. The summed E-state index contributed by atoms with van der Waals surface area (Å²) in [6.07, 6.45) is 7.14. The summed E-state index contributed by atoms with van der Waals surface area (Å²) in [5.41, 5.74) is 3.41. The highest BCUT2D eigenvalue weighted by molar-refractivity contribution is 5.99. The number of rotatable bonds is 5. The molecule has 0 aliphatic heterocycles. The molecule has 1 unspecified atom stereocenters. The van der Waals surface area contributed by atoms with E-state index in [1.165, 1.54) is 6.20 Å². The van der Waals surface area contributed by atoms with Gasteiger partial charge in [-0.15, -0.1) is 0 Å². The Kier molecular flexibility index (Phi) is 4.09. The largest absolute Gasteiger partial charge is 0.347 e. The van der Waals surface area contributed by atoms with Gasteiger partial charge >= 0.3 is 0 Å². The van der Waals surface area contributed by atoms with Gasteiger partial charge in [0.15, 0.2) is 0 Å². The molecule has 100 valence electrons. The van der Waals surface area contributed by atoms with Crippen molar-refractivity contribution in [3.8, 4) is 0 Å². The molecule has 2 heterocycles. The minimum absolute atomic E-state index is 0.173. The topological polar surface area (TPSA) is 109 Å². The number of H-pyrrole nitrogens is 1. The molecule has 1 amide bonds. The third-order valence-electron chi connectivity index (χ3n) is 2.78. The first kappa shape index (κ1) is 13.0. The summed E-state index contributed by atoms with van der Waals surface area (Å²) in [4.78, 5) is 23.3. The fraction of sp³-hybridized carbons (Fsp3) is 0.250. The molecule has 0 bridgehead atoms. The van der Waals surface area contributed by atoms with E-state index < -0.39 is 0 Å². The SMILES string of the molecule is CCC(NC(=O)c1cnccc1NN)c1ncc[nH]1. The molecule has 2 aromatic rings. The Bertz CT molecular complexity index is 539. The lowest BCUT2D eigenvalue weighted by molar-refractivity contribution is 0.0934. The molecule has 7 nitrogen and oxygen atoms in total. The van der Waals surface area contributed by atoms with Crippen LogP contribution in [-0.4, -0.2) is 20.9 Å². The van der Waals surface area contributed by atoms with E-state index >= 15 is 0 Å². The first-order valence-corrected chi connectivity index (χ1v) is 5.97. The van der Waals surface area contributed by atoms with Gasteiger partial charge < -0.3 is 15.7 Å². The number of hydrazine groups is 1. The molecule has 1 atom stereocenters. The normalized spacial score (nSPS) is 11.9. The van der Waals surface area contributed by atoms with Crippen LogP contribution in [0.15, 0.2) is 30.9 Å². The summed E-state index contributed by atoms with van der Waals surface area (Å²) in [5.74, 6) is 5.85. The van der Waals surface area contributed by atoms with Crippen LogP contribution in [0.25, 0.3) is 0 Å². The molecule has 0 aliphatic rings. The van der Waals surface area contributed by atoms with Gasteiger partial charge in [-0.1, -0.05) is 6.92 Å². The molecule has 0 saturated heterocycles. The number of aromatic amines is 1. The van der Waals surface area contributed by atoms with Crippen molar-refractivity contribution in [1.29, 1.82) is 0 Å². The number of anilines is 1. The van der Waals surface area contributed by atoms with Gasteiger partial charge in [-0.25, -0.2) is 4.98 Å². The Hall–Kier alpha value is -2.41. The van der Waals surface area contributed by atoms with Crippen LogP contribution in [0.2, 0.25) is 0 Å². The molecule has 5 N–H and O–H groups in total. The fourth-order valence-corrected chi connectivity index (χ4v) is 1.77. The average molecular weight is 260 g/mol. The van der Waals surface area contributed by atoms with Crippen LogP contribution in [0.5, 0.6) is 0 Å². The summed E-state index contributed by atoms with van der Waals surface area (Å²) >= 11 is 0. The molecule has 0 fully saturated rings. The highest BCUT2D eigenvalue weighted by Crippen LogP contribution is 2.16. The standard InChI is InChI=1S/C12H16N6O/c1-2-9(11-15-5-6-16-11)17-12(19)8-7-14-4-3-10(8)18-13/h3-7,9H,2,13H2,1H3,(H,14,18)(H,15,16)(H,17,19). The van der Waals surface area contributed by atoms with Gasteiger partial charge in [0.25, 0.3) is 5.91 Å². The summed E-state index contributed by atoms with van der Waals surface area (Å²) in [6, 6.07) is 1.47. The smallest absolute Gasteiger partial charge is 0.255 e.